The fourth-order valence-corrected chi connectivity index (χ4v) is 4.70. The third-order valence-corrected chi connectivity index (χ3v) is 6.32. The summed E-state index contributed by atoms with van der Waals surface area (Å²) < 4.78 is 0. The molecule has 1 aromatic carbocycles. The predicted molar refractivity (Wildman–Crippen MR) is 108 cm³/mol. The summed E-state index contributed by atoms with van der Waals surface area (Å²) in [5.41, 5.74) is 2.89. The van der Waals surface area contributed by atoms with Crippen molar-refractivity contribution in [3.63, 3.8) is 0 Å². The maximum absolute atomic E-state index is 12.6. The molecule has 150 valence electrons. The second-order valence-corrected chi connectivity index (χ2v) is 8.21. The van der Waals surface area contributed by atoms with Crippen molar-refractivity contribution in [3.05, 3.63) is 23.8 Å². The average Bonchev–Trinajstić information content (AvgIpc) is 3.31. The molecule has 28 heavy (non-hydrogen) atoms. The zero-order chi connectivity index (χ0) is 19.7. The van der Waals surface area contributed by atoms with Crippen molar-refractivity contribution in [3.8, 4) is 0 Å². The Bertz CT molecular complexity index is 785. The molecule has 1 atom stereocenters. The van der Waals surface area contributed by atoms with E-state index in [0.717, 1.165) is 36.2 Å². The smallest absolute Gasteiger partial charge is 0.227 e. The summed E-state index contributed by atoms with van der Waals surface area (Å²) in [7, 11) is 0. The third kappa shape index (κ3) is 3.64. The maximum atomic E-state index is 12.6. The molecule has 2 heterocycles. The van der Waals surface area contributed by atoms with Gasteiger partial charge >= 0.3 is 0 Å². The van der Waals surface area contributed by atoms with Crippen LogP contribution in [0.1, 0.15) is 57.4 Å². The minimum atomic E-state index is -0.277. The summed E-state index contributed by atoms with van der Waals surface area (Å²) >= 11 is 0. The van der Waals surface area contributed by atoms with Crippen molar-refractivity contribution in [2.45, 2.75) is 64.3 Å². The minimum Gasteiger partial charge on any atom is -0.353 e. The fourth-order valence-electron chi connectivity index (χ4n) is 4.70. The van der Waals surface area contributed by atoms with E-state index >= 15 is 0 Å². The highest BCUT2D eigenvalue weighted by atomic mass is 16.2. The monoisotopic (exact) mass is 383 g/mol. The van der Waals surface area contributed by atoms with Crippen molar-refractivity contribution in [1.29, 1.82) is 0 Å². The van der Waals surface area contributed by atoms with E-state index in [-0.39, 0.29) is 36.1 Å². The number of rotatable bonds is 4. The first kappa shape index (κ1) is 19.0. The zero-order valence-electron chi connectivity index (χ0n) is 16.6. The highest BCUT2D eigenvalue weighted by Gasteiger charge is 2.36. The van der Waals surface area contributed by atoms with Crippen molar-refractivity contribution >= 4 is 29.1 Å². The number of carbonyl (C=O) groups excluding carboxylic acids is 3. The summed E-state index contributed by atoms with van der Waals surface area (Å²) in [5.74, 6) is -0.129. The summed E-state index contributed by atoms with van der Waals surface area (Å²) in [6, 6.07) is 6.12. The molecule has 1 N–H and O–H groups in total. The number of nitrogens with one attached hydrogen (secondary N) is 1. The van der Waals surface area contributed by atoms with Crippen LogP contribution in [0, 0.1) is 5.92 Å². The Hall–Kier alpha value is -2.37. The number of hydrogen-bond donors (Lipinski definition) is 1. The zero-order valence-corrected chi connectivity index (χ0v) is 16.6. The van der Waals surface area contributed by atoms with E-state index in [9.17, 15) is 14.4 Å². The number of carbonyl (C=O) groups is 3. The van der Waals surface area contributed by atoms with Gasteiger partial charge in [0, 0.05) is 43.3 Å². The normalized spacial score (nSPS) is 22.5. The van der Waals surface area contributed by atoms with Crippen LogP contribution in [-0.4, -0.2) is 36.9 Å². The Morgan fingerprint density at radius 1 is 1.18 bits per heavy atom. The number of nitrogens with zero attached hydrogens (tertiary/aromatic N) is 2. The summed E-state index contributed by atoms with van der Waals surface area (Å²) in [4.78, 5) is 40.8. The Morgan fingerprint density at radius 3 is 2.71 bits per heavy atom. The molecule has 2 fully saturated rings. The topological polar surface area (TPSA) is 69.7 Å². The van der Waals surface area contributed by atoms with Gasteiger partial charge in [0.25, 0.3) is 0 Å². The first-order valence-electron chi connectivity index (χ1n) is 10.6. The van der Waals surface area contributed by atoms with E-state index in [2.05, 4.69) is 5.32 Å². The Kier molecular flexibility index (Phi) is 5.38. The third-order valence-electron chi connectivity index (χ3n) is 6.32. The average molecular weight is 383 g/mol. The summed E-state index contributed by atoms with van der Waals surface area (Å²) in [6.07, 6.45) is 7.27. The quantitative estimate of drug-likeness (QED) is 0.869. The fraction of sp³-hybridized carbons (Fsp3) is 0.591. The molecular weight excluding hydrogens is 354 g/mol. The van der Waals surface area contributed by atoms with Crippen LogP contribution in [0.4, 0.5) is 11.4 Å². The van der Waals surface area contributed by atoms with Crippen molar-refractivity contribution in [1.82, 2.24) is 5.32 Å². The molecule has 6 heteroatoms. The largest absolute Gasteiger partial charge is 0.353 e. The lowest BCUT2D eigenvalue weighted by atomic mass is 9.95. The van der Waals surface area contributed by atoms with Crippen LogP contribution >= 0.6 is 0 Å². The van der Waals surface area contributed by atoms with E-state index in [1.807, 2.05) is 30.0 Å². The van der Waals surface area contributed by atoms with Crippen LogP contribution in [0.25, 0.3) is 0 Å². The Balaban J connectivity index is 1.43. The van der Waals surface area contributed by atoms with Crippen LogP contribution < -0.4 is 15.1 Å². The van der Waals surface area contributed by atoms with Gasteiger partial charge in [0.05, 0.1) is 5.92 Å². The van der Waals surface area contributed by atoms with E-state index in [4.69, 9.17) is 0 Å². The van der Waals surface area contributed by atoms with Crippen molar-refractivity contribution in [2.24, 2.45) is 5.92 Å². The van der Waals surface area contributed by atoms with Gasteiger partial charge in [-0.25, -0.2) is 0 Å². The molecule has 1 saturated carbocycles. The number of anilines is 2. The number of hydrogen-bond acceptors (Lipinski definition) is 3. The van der Waals surface area contributed by atoms with Gasteiger partial charge in [-0.3, -0.25) is 14.4 Å². The molecule has 1 aliphatic carbocycles. The molecule has 3 amide bonds. The van der Waals surface area contributed by atoms with Gasteiger partial charge in [0.2, 0.25) is 17.7 Å². The number of fused-ring (bicyclic) bond motifs is 1. The molecule has 1 aromatic rings. The van der Waals surface area contributed by atoms with Gasteiger partial charge in [-0.1, -0.05) is 26.2 Å². The molecule has 1 saturated heterocycles. The number of benzene rings is 1. The standard InChI is InChI=1S/C22H29N3O3/c1-2-20(26)24-11-10-15-12-18(8-9-19(15)24)25-14-16(13-21(25)27)22(28)23-17-6-4-3-5-7-17/h8-9,12,16-17H,2-7,10-11,13-14H2,1H3,(H,23,28). The lowest BCUT2D eigenvalue weighted by Crippen LogP contribution is -2.40. The van der Waals surface area contributed by atoms with Crippen molar-refractivity contribution < 1.29 is 14.4 Å². The lowest BCUT2D eigenvalue weighted by molar-refractivity contribution is -0.127. The highest BCUT2D eigenvalue weighted by Crippen LogP contribution is 2.34. The molecule has 3 aliphatic rings. The SMILES string of the molecule is CCC(=O)N1CCc2cc(N3CC(C(=O)NC4CCCCC4)CC3=O)ccc21. The Labute approximate surface area is 166 Å². The second kappa shape index (κ2) is 7.94. The van der Waals surface area contributed by atoms with Gasteiger partial charge in [-0.15, -0.1) is 0 Å². The Morgan fingerprint density at radius 2 is 1.96 bits per heavy atom. The predicted octanol–water partition coefficient (Wildman–Crippen LogP) is 2.79. The van der Waals surface area contributed by atoms with E-state index in [0.29, 0.717) is 19.5 Å². The first-order valence-corrected chi connectivity index (χ1v) is 10.6. The molecule has 0 spiro atoms. The molecule has 0 aromatic heterocycles. The number of amides is 3. The molecule has 1 unspecified atom stereocenters. The first-order chi connectivity index (χ1) is 13.6. The molecule has 2 aliphatic heterocycles. The van der Waals surface area contributed by atoms with Crippen LogP contribution in [-0.2, 0) is 20.8 Å². The van der Waals surface area contributed by atoms with Crippen LogP contribution in [0.15, 0.2) is 18.2 Å². The van der Waals surface area contributed by atoms with Gasteiger partial charge < -0.3 is 15.1 Å². The van der Waals surface area contributed by atoms with Gasteiger partial charge in [-0.05, 0) is 43.0 Å². The van der Waals surface area contributed by atoms with Crippen molar-refractivity contribution in [2.75, 3.05) is 22.9 Å². The van der Waals surface area contributed by atoms with E-state index < -0.39 is 0 Å². The molecule has 4 rings (SSSR count). The van der Waals surface area contributed by atoms with Crippen LogP contribution in [0.2, 0.25) is 0 Å². The van der Waals surface area contributed by atoms with E-state index in [1.54, 1.807) is 4.90 Å². The van der Waals surface area contributed by atoms with Crippen LogP contribution in [0.3, 0.4) is 0 Å². The van der Waals surface area contributed by atoms with E-state index in [1.165, 1.54) is 19.3 Å². The van der Waals surface area contributed by atoms with Gasteiger partial charge in [0.15, 0.2) is 0 Å². The highest BCUT2D eigenvalue weighted by molar-refractivity contribution is 6.01. The minimum absolute atomic E-state index is 0.00299. The lowest BCUT2D eigenvalue weighted by Gasteiger charge is -2.24. The van der Waals surface area contributed by atoms with Crippen LogP contribution in [0.5, 0.6) is 0 Å². The molecular formula is C22H29N3O3. The second-order valence-electron chi connectivity index (χ2n) is 8.21. The van der Waals surface area contributed by atoms with Gasteiger partial charge in [-0.2, -0.15) is 0 Å². The maximum Gasteiger partial charge on any atom is 0.227 e. The molecule has 0 bridgehead atoms. The summed E-state index contributed by atoms with van der Waals surface area (Å²) in [6.45, 7) is 3.01. The molecule has 6 nitrogen and oxygen atoms in total. The summed E-state index contributed by atoms with van der Waals surface area (Å²) in [5, 5.41) is 3.16. The van der Waals surface area contributed by atoms with Gasteiger partial charge in [0.1, 0.15) is 0 Å². The molecule has 0 radical (unpaired) electrons.